The second kappa shape index (κ2) is 5.22. The van der Waals surface area contributed by atoms with Gasteiger partial charge in [0, 0.05) is 14.1 Å². The smallest absolute Gasteiger partial charge is 0.449 e. The Morgan fingerprint density at radius 1 is 1.17 bits per heavy atom. The average molecular weight is 333 g/mol. The molecule has 0 saturated carbocycles. The van der Waals surface area contributed by atoms with Gasteiger partial charge in [-0.25, -0.2) is 14.4 Å². The predicted molar refractivity (Wildman–Crippen MR) is 80.8 cm³/mol. The van der Waals surface area contributed by atoms with Gasteiger partial charge < -0.3 is 9.84 Å². The number of carboxylic acid groups (broad SMARTS) is 1. The number of fused-ring (bicyclic) bond motifs is 1. The molecule has 0 bridgehead atoms. The van der Waals surface area contributed by atoms with Gasteiger partial charge >= 0.3 is 29.0 Å². The highest BCUT2D eigenvalue weighted by molar-refractivity contribution is 5.78. The minimum atomic E-state index is -1.74. The van der Waals surface area contributed by atoms with Crippen LogP contribution < -0.4 is 21.7 Å². The van der Waals surface area contributed by atoms with E-state index in [4.69, 9.17) is 5.11 Å². The third-order valence-corrected chi connectivity index (χ3v) is 3.48. The van der Waals surface area contributed by atoms with Crippen molar-refractivity contribution in [3.05, 3.63) is 49.5 Å². The Bertz CT molecular complexity index is 1150. The molecule has 0 radical (unpaired) electrons. The van der Waals surface area contributed by atoms with Gasteiger partial charge in [-0.2, -0.15) is 4.68 Å². The Labute approximate surface area is 132 Å². The molecule has 0 spiro atoms. The van der Waals surface area contributed by atoms with E-state index >= 15 is 0 Å². The fourth-order valence-electron chi connectivity index (χ4n) is 2.34. The SMILES string of the molecule is Cn1c(=O)n(C)c2cc(-n3nc(OC(=O)O)c(=O)[nH]c3=O)ccc21. The number of ether oxygens (including phenoxy) is 1. The van der Waals surface area contributed by atoms with E-state index in [0.717, 1.165) is 4.68 Å². The van der Waals surface area contributed by atoms with Crippen LogP contribution in [0.2, 0.25) is 0 Å². The fraction of sp³-hybridized carbons (Fsp3) is 0.154. The summed E-state index contributed by atoms with van der Waals surface area (Å²) < 4.78 is 7.82. The Balaban J connectivity index is 2.26. The molecule has 11 heteroatoms. The molecular formula is C13H11N5O6. The van der Waals surface area contributed by atoms with Crippen molar-refractivity contribution >= 4 is 17.2 Å². The van der Waals surface area contributed by atoms with Crippen molar-refractivity contribution in [1.82, 2.24) is 23.9 Å². The van der Waals surface area contributed by atoms with Crippen LogP contribution in [0, 0.1) is 0 Å². The molecule has 124 valence electrons. The quantitative estimate of drug-likeness (QED) is 0.583. The van der Waals surface area contributed by atoms with Gasteiger partial charge in [0.25, 0.3) is 0 Å². The number of aryl methyl sites for hydroxylation is 2. The molecule has 0 saturated heterocycles. The van der Waals surface area contributed by atoms with Crippen LogP contribution in [0.3, 0.4) is 0 Å². The molecule has 0 fully saturated rings. The van der Waals surface area contributed by atoms with E-state index in [1.807, 2.05) is 4.98 Å². The lowest BCUT2D eigenvalue weighted by Crippen LogP contribution is -2.33. The number of rotatable bonds is 2. The average Bonchev–Trinajstić information content (AvgIpc) is 2.74. The first-order valence-electron chi connectivity index (χ1n) is 6.60. The van der Waals surface area contributed by atoms with Crippen LogP contribution in [0.4, 0.5) is 4.79 Å². The molecule has 0 atom stereocenters. The number of carbonyl (C=O) groups is 1. The monoisotopic (exact) mass is 333 g/mol. The van der Waals surface area contributed by atoms with Gasteiger partial charge in [-0.1, -0.05) is 0 Å². The Kier molecular flexibility index (Phi) is 3.32. The van der Waals surface area contributed by atoms with E-state index in [0.29, 0.717) is 11.0 Å². The molecule has 3 rings (SSSR count). The molecule has 3 aromatic rings. The number of benzene rings is 1. The van der Waals surface area contributed by atoms with E-state index < -0.39 is 23.3 Å². The molecule has 0 unspecified atom stereocenters. The normalized spacial score (nSPS) is 10.9. The third kappa shape index (κ3) is 2.27. The summed E-state index contributed by atoms with van der Waals surface area (Å²) in [5.41, 5.74) is -0.810. The summed E-state index contributed by atoms with van der Waals surface area (Å²) in [6.45, 7) is 0. The zero-order chi connectivity index (χ0) is 17.6. The van der Waals surface area contributed by atoms with E-state index in [1.54, 1.807) is 20.2 Å². The lowest BCUT2D eigenvalue weighted by Gasteiger charge is -2.06. The summed E-state index contributed by atoms with van der Waals surface area (Å²) in [5.74, 6) is -0.788. The molecule has 1 aromatic carbocycles. The van der Waals surface area contributed by atoms with Crippen molar-refractivity contribution in [3.8, 4) is 11.6 Å². The minimum absolute atomic E-state index is 0.222. The van der Waals surface area contributed by atoms with Crippen molar-refractivity contribution in [3.63, 3.8) is 0 Å². The van der Waals surface area contributed by atoms with Crippen LogP contribution in [0.1, 0.15) is 0 Å². The van der Waals surface area contributed by atoms with Gasteiger partial charge in [-0.05, 0) is 18.2 Å². The van der Waals surface area contributed by atoms with Gasteiger partial charge in [0.2, 0.25) is 0 Å². The summed E-state index contributed by atoms with van der Waals surface area (Å²) in [6.07, 6.45) is -1.74. The van der Waals surface area contributed by atoms with E-state index in [2.05, 4.69) is 9.84 Å². The number of nitrogens with one attached hydrogen (secondary N) is 1. The number of nitrogens with zero attached hydrogens (tertiary/aromatic N) is 4. The first-order valence-corrected chi connectivity index (χ1v) is 6.60. The number of aromatic nitrogens is 5. The number of hydrogen-bond acceptors (Lipinski definition) is 6. The summed E-state index contributed by atoms with van der Waals surface area (Å²) in [6, 6.07) is 4.61. The maximum absolute atomic E-state index is 11.9. The van der Waals surface area contributed by atoms with Gasteiger partial charge in [0.1, 0.15) is 0 Å². The van der Waals surface area contributed by atoms with Gasteiger partial charge in [-0.3, -0.25) is 18.9 Å². The Morgan fingerprint density at radius 3 is 2.50 bits per heavy atom. The highest BCUT2D eigenvalue weighted by atomic mass is 16.7. The van der Waals surface area contributed by atoms with Crippen LogP contribution in [-0.4, -0.2) is 35.2 Å². The van der Waals surface area contributed by atoms with Crippen LogP contribution in [0.25, 0.3) is 16.7 Å². The van der Waals surface area contributed by atoms with Crippen molar-refractivity contribution in [1.29, 1.82) is 0 Å². The first-order chi connectivity index (χ1) is 11.3. The lowest BCUT2D eigenvalue weighted by atomic mass is 10.2. The third-order valence-electron chi connectivity index (χ3n) is 3.48. The summed E-state index contributed by atoms with van der Waals surface area (Å²) >= 11 is 0. The molecule has 0 aliphatic rings. The molecule has 2 N–H and O–H groups in total. The molecule has 2 aromatic heterocycles. The minimum Gasteiger partial charge on any atom is -0.449 e. The summed E-state index contributed by atoms with van der Waals surface area (Å²) in [4.78, 5) is 47.9. The standard InChI is InChI=1S/C13H11N5O6/c1-16-7-4-3-6(5-8(7)17(2)12(16)21)18-11(20)14-9(19)10(15-18)24-13(22)23/h3-5H,1-2H3,(H,22,23)(H,14,19,20). The maximum Gasteiger partial charge on any atom is 0.512 e. The molecule has 24 heavy (non-hydrogen) atoms. The lowest BCUT2D eigenvalue weighted by molar-refractivity contribution is 0.141. The Hall–Kier alpha value is -3.63. The molecule has 0 amide bonds. The van der Waals surface area contributed by atoms with Crippen molar-refractivity contribution in [2.24, 2.45) is 14.1 Å². The first kappa shape index (κ1) is 15.3. The number of H-pyrrole nitrogens is 1. The molecular weight excluding hydrogens is 322 g/mol. The second-order valence-electron chi connectivity index (χ2n) is 4.92. The van der Waals surface area contributed by atoms with Gasteiger partial charge in [0.15, 0.2) is 0 Å². The van der Waals surface area contributed by atoms with E-state index in [9.17, 15) is 19.2 Å². The van der Waals surface area contributed by atoms with Crippen molar-refractivity contribution in [2.75, 3.05) is 0 Å². The second-order valence-corrected chi connectivity index (χ2v) is 4.92. The maximum atomic E-state index is 11.9. The number of imidazole rings is 1. The molecule has 0 aliphatic carbocycles. The molecule has 2 heterocycles. The van der Waals surface area contributed by atoms with Crippen LogP contribution in [-0.2, 0) is 14.1 Å². The van der Waals surface area contributed by atoms with Gasteiger partial charge in [0.05, 0.1) is 16.7 Å². The van der Waals surface area contributed by atoms with E-state index in [1.165, 1.54) is 21.3 Å². The fourth-order valence-corrected chi connectivity index (χ4v) is 2.34. The van der Waals surface area contributed by atoms with Crippen molar-refractivity contribution < 1.29 is 14.6 Å². The van der Waals surface area contributed by atoms with Crippen LogP contribution in [0.15, 0.2) is 32.6 Å². The number of aromatic amines is 1. The molecule has 0 aliphatic heterocycles. The highest BCUT2D eigenvalue weighted by Gasteiger charge is 2.14. The van der Waals surface area contributed by atoms with Crippen LogP contribution >= 0.6 is 0 Å². The summed E-state index contributed by atoms with van der Waals surface area (Å²) in [5, 5.41) is 12.2. The largest absolute Gasteiger partial charge is 0.512 e. The topological polar surface area (TPSA) is 141 Å². The molecule has 11 nitrogen and oxygen atoms in total. The van der Waals surface area contributed by atoms with E-state index in [-0.39, 0.29) is 11.4 Å². The van der Waals surface area contributed by atoms with Crippen molar-refractivity contribution in [2.45, 2.75) is 0 Å². The zero-order valence-electron chi connectivity index (χ0n) is 12.5. The van der Waals surface area contributed by atoms with Gasteiger partial charge in [-0.15, -0.1) is 5.10 Å². The highest BCUT2D eigenvalue weighted by Crippen LogP contribution is 2.15. The van der Waals surface area contributed by atoms with Crippen LogP contribution in [0.5, 0.6) is 5.88 Å². The summed E-state index contributed by atoms with van der Waals surface area (Å²) in [7, 11) is 3.17. The number of hydrogen-bond donors (Lipinski definition) is 2. The zero-order valence-corrected chi connectivity index (χ0v) is 12.5. The predicted octanol–water partition coefficient (Wildman–Crippen LogP) is -0.832. The Morgan fingerprint density at radius 2 is 1.83 bits per heavy atom.